The van der Waals surface area contributed by atoms with E-state index in [4.69, 9.17) is 4.74 Å². The predicted molar refractivity (Wildman–Crippen MR) is 111 cm³/mol. The van der Waals surface area contributed by atoms with Crippen LogP contribution in [0.25, 0.3) is 6.08 Å². The van der Waals surface area contributed by atoms with Gasteiger partial charge in [-0.15, -0.1) is 11.3 Å². The Kier molecular flexibility index (Phi) is 5.29. The van der Waals surface area contributed by atoms with Crippen LogP contribution in [0.15, 0.2) is 62.8 Å². The van der Waals surface area contributed by atoms with Crippen molar-refractivity contribution in [1.82, 2.24) is 4.57 Å². The number of esters is 1. The van der Waals surface area contributed by atoms with Crippen LogP contribution in [0, 0.1) is 5.82 Å². The Morgan fingerprint density at radius 2 is 2.10 bits per heavy atom. The molecule has 0 fully saturated rings. The average Bonchev–Trinajstić information content (AvgIpc) is 3.32. The number of ether oxygens (including phenoxy) is 1. The monoisotopic (exact) mass is 428 g/mol. The lowest BCUT2D eigenvalue weighted by Crippen LogP contribution is -2.39. The highest BCUT2D eigenvalue weighted by Crippen LogP contribution is 2.33. The van der Waals surface area contributed by atoms with Gasteiger partial charge in [0.05, 0.1) is 22.4 Å². The van der Waals surface area contributed by atoms with Crippen molar-refractivity contribution >= 4 is 34.7 Å². The molecule has 3 heterocycles. The van der Waals surface area contributed by atoms with Crippen molar-refractivity contribution in [2.75, 3.05) is 6.61 Å². The fraction of sp³-hybridized carbons (Fsp3) is 0.190. The second-order valence-corrected chi connectivity index (χ2v) is 8.33. The summed E-state index contributed by atoms with van der Waals surface area (Å²) in [6, 6.07) is 9.39. The lowest BCUT2D eigenvalue weighted by Gasteiger charge is -2.23. The van der Waals surface area contributed by atoms with Crippen molar-refractivity contribution < 1.29 is 13.9 Å². The van der Waals surface area contributed by atoms with Gasteiger partial charge in [-0.1, -0.05) is 35.6 Å². The molecule has 0 N–H and O–H groups in total. The minimum Gasteiger partial charge on any atom is -0.463 e. The summed E-state index contributed by atoms with van der Waals surface area (Å²) in [5.74, 6) is -0.896. The first-order valence-corrected chi connectivity index (χ1v) is 10.7. The molecule has 1 atom stereocenters. The van der Waals surface area contributed by atoms with Gasteiger partial charge in [-0.3, -0.25) is 9.36 Å². The van der Waals surface area contributed by atoms with E-state index < -0.39 is 17.8 Å². The van der Waals surface area contributed by atoms with Gasteiger partial charge in [-0.05, 0) is 37.4 Å². The fourth-order valence-electron chi connectivity index (χ4n) is 3.24. The summed E-state index contributed by atoms with van der Waals surface area (Å²) in [4.78, 5) is 31.7. The van der Waals surface area contributed by atoms with E-state index >= 15 is 0 Å². The Bertz CT molecular complexity index is 1290. The van der Waals surface area contributed by atoms with E-state index in [1.54, 1.807) is 32.0 Å². The molecule has 8 heteroatoms. The average molecular weight is 429 g/mol. The number of halogens is 1. The molecule has 0 bridgehead atoms. The number of carbonyl (C=O) groups is 1. The number of allylic oxidation sites excluding steroid dienone is 1. The summed E-state index contributed by atoms with van der Waals surface area (Å²) in [6.07, 6.45) is 1.52. The first kappa shape index (κ1) is 19.5. The summed E-state index contributed by atoms with van der Waals surface area (Å²) in [6.45, 7) is 3.70. The van der Waals surface area contributed by atoms with E-state index in [9.17, 15) is 14.0 Å². The molecule has 1 unspecified atom stereocenters. The number of nitrogens with zero attached hydrogens (tertiary/aromatic N) is 2. The third kappa shape index (κ3) is 3.49. The molecule has 5 nitrogen and oxygen atoms in total. The van der Waals surface area contributed by atoms with Crippen LogP contribution in [-0.4, -0.2) is 17.1 Å². The van der Waals surface area contributed by atoms with E-state index in [0.717, 1.165) is 4.88 Å². The van der Waals surface area contributed by atoms with Crippen molar-refractivity contribution in [1.29, 1.82) is 0 Å². The van der Waals surface area contributed by atoms with Crippen LogP contribution in [0.3, 0.4) is 0 Å². The number of aromatic nitrogens is 1. The largest absolute Gasteiger partial charge is 0.463 e. The van der Waals surface area contributed by atoms with Crippen LogP contribution in [0.4, 0.5) is 4.39 Å². The molecular weight excluding hydrogens is 411 g/mol. The number of carbonyl (C=O) groups excluding carboxylic acids is 1. The van der Waals surface area contributed by atoms with Crippen LogP contribution < -0.4 is 14.9 Å². The van der Waals surface area contributed by atoms with Crippen molar-refractivity contribution in [2.45, 2.75) is 19.9 Å². The maximum Gasteiger partial charge on any atom is 0.338 e. The summed E-state index contributed by atoms with van der Waals surface area (Å²) in [7, 11) is 0. The van der Waals surface area contributed by atoms with Gasteiger partial charge < -0.3 is 4.74 Å². The SMILES string of the molecule is CCOC(=O)C1=C(C)N=c2s/c(=C/c3ccccc3F)c(=O)n2C1c1cccs1. The van der Waals surface area contributed by atoms with Gasteiger partial charge in [0.25, 0.3) is 5.56 Å². The van der Waals surface area contributed by atoms with Crippen LogP contribution in [0.2, 0.25) is 0 Å². The van der Waals surface area contributed by atoms with E-state index in [2.05, 4.69) is 4.99 Å². The maximum atomic E-state index is 14.1. The Labute approximate surface area is 173 Å². The van der Waals surface area contributed by atoms with E-state index in [0.29, 0.717) is 26.2 Å². The summed E-state index contributed by atoms with van der Waals surface area (Å²) in [5, 5.41) is 1.89. The molecule has 29 heavy (non-hydrogen) atoms. The van der Waals surface area contributed by atoms with E-state index in [-0.39, 0.29) is 12.2 Å². The van der Waals surface area contributed by atoms with E-state index in [1.165, 1.54) is 39.4 Å². The van der Waals surface area contributed by atoms with Gasteiger partial charge >= 0.3 is 5.97 Å². The quantitative estimate of drug-likeness (QED) is 0.601. The molecular formula is C21H17FN2O3S2. The molecule has 0 amide bonds. The lowest BCUT2D eigenvalue weighted by atomic mass is 10.0. The summed E-state index contributed by atoms with van der Waals surface area (Å²) < 4.78 is 21.2. The Balaban J connectivity index is 1.96. The Hall–Kier alpha value is -2.84. The van der Waals surface area contributed by atoms with Crippen LogP contribution in [-0.2, 0) is 9.53 Å². The van der Waals surface area contributed by atoms with Crippen LogP contribution in [0.5, 0.6) is 0 Å². The number of fused-ring (bicyclic) bond motifs is 1. The third-order valence-electron chi connectivity index (χ3n) is 4.52. The fourth-order valence-corrected chi connectivity index (χ4v) is 5.10. The predicted octanol–water partition coefficient (Wildman–Crippen LogP) is 3.00. The molecule has 0 radical (unpaired) electrons. The molecule has 3 aromatic rings. The zero-order valence-corrected chi connectivity index (χ0v) is 17.3. The highest BCUT2D eigenvalue weighted by atomic mass is 32.1. The maximum absolute atomic E-state index is 14.1. The molecule has 148 valence electrons. The Morgan fingerprint density at radius 3 is 2.79 bits per heavy atom. The number of hydrogen-bond acceptors (Lipinski definition) is 6. The molecule has 0 saturated heterocycles. The van der Waals surface area contributed by atoms with Crippen molar-refractivity contribution in [3.63, 3.8) is 0 Å². The molecule has 4 rings (SSSR count). The normalized spacial score (nSPS) is 16.5. The molecule has 2 aromatic heterocycles. The number of hydrogen-bond donors (Lipinski definition) is 0. The van der Waals surface area contributed by atoms with Crippen molar-refractivity contribution in [3.8, 4) is 0 Å². The second kappa shape index (κ2) is 7.88. The summed E-state index contributed by atoms with van der Waals surface area (Å²) in [5.41, 5.74) is 0.871. The topological polar surface area (TPSA) is 60.7 Å². The van der Waals surface area contributed by atoms with Gasteiger partial charge in [-0.25, -0.2) is 14.2 Å². The standard InChI is InChI=1S/C21H17FN2O3S2/c1-3-27-20(26)17-12(2)23-21-24(18(17)15-9-6-10-28-15)19(25)16(29-21)11-13-7-4-5-8-14(13)22/h4-11,18H,3H2,1-2H3/b16-11+. The third-order valence-corrected chi connectivity index (χ3v) is 6.43. The van der Waals surface area contributed by atoms with Gasteiger partial charge in [-0.2, -0.15) is 0 Å². The smallest absolute Gasteiger partial charge is 0.338 e. The van der Waals surface area contributed by atoms with Crippen LogP contribution in [0.1, 0.15) is 30.3 Å². The van der Waals surface area contributed by atoms with Gasteiger partial charge in [0.2, 0.25) is 0 Å². The minimum absolute atomic E-state index is 0.227. The first-order valence-electron chi connectivity index (χ1n) is 8.99. The van der Waals surface area contributed by atoms with E-state index in [1.807, 2.05) is 17.5 Å². The first-order chi connectivity index (χ1) is 14.0. The number of benzene rings is 1. The number of thiazole rings is 1. The van der Waals surface area contributed by atoms with Crippen molar-refractivity contribution in [2.24, 2.45) is 4.99 Å². The summed E-state index contributed by atoms with van der Waals surface area (Å²) >= 11 is 2.63. The number of thiophene rings is 1. The number of rotatable bonds is 4. The second-order valence-electron chi connectivity index (χ2n) is 6.34. The van der Waals surface area contributed by atoms with Gasteiger partial charge in [0.1, 0.15) is 11.9 Å². The van der Waals surface area contributed by atoms with Gasteiger partial charge in [0.15, 0.2) is 4.80 Å². The molecule has 0 aliphatic carbocycles. The van der Waals surface area contributed by atoms with Gasteiger partial charge in [0, 0.05) is 10.4 Å². The zero-order chi connectivity index (χ0) is 20.5. The minimum atomic E-state index is -0.618. The van der Waals surface area contributed by atoms with Crippen LogP contribution >= 0.6 is 22.7 Å². The lowest BCUT2D eigenvalue weighted by molar-refractivity contribution is -0.139. The molecule has 0 spiro atoms. The molecule has 1 aliphatic heterocycles. The van der Waals surface area contributed by atoms with Crippen molar-refractivity contribution in [3.05, 3.63) is 89.0 Å². The molecule has 0 saturated carbocycles. The highest BCUT2D eigenvalue weighted by molar-refractivity contribution is 7.10. The highest BCUT2D eigenvalue weighted by Gasteiger charge is 2.33. The molecule has 1 aromatic carbocycles. The molecule has 1 aliphatic rings. The zero-order valence-electron chi connectivity index (χ0n) is 15.7. The Morgan fingerprint density at radius 1 is 1.31 bits per heavy atom.